The molecule has 0 aromatic heterocycles. The molecule has 1 aliphatic heterocycles. The molecule has 0 aromatic rings. The highest BCUT2D eigenvalue weighted by molar-refractivity contribution is 5.85. The van der Waals surface area contributed by atoms with Crippen molar-refractivity contribution in [2.45, 2.75) is 31.9 Å². The SMILES string of the molecule is CC1(C)OCCC1NN.Cl.Cl. The summed E-state index contributed by atoms with van der Waals surface area (Å²) >= 11 is 0. The standard InChI is InChI=1S/C6H14N2O.2ClH/c1-6(2)5(8-7)3-4-9-6;;/h5,8H,3-4,7H2,1-2H3;2*1H. The van der Waals surface area contributed by atoms with E-state index in [2.05, 4.69) is 5.43 Å². The monoisotopic (exact) mass is 202 g/mol. The fourth-order valence-corrected chi connectivity index (χ4v) is 1.17. The Morgan fingerprint density at radius 2 is 2.00 bits per heavy atom. The van der Waals surface area contributed by atoms with Crippen LogP contribution in [0.4, 0.5) is 0 Å². The number of nitrogens with one attached hydrogen (secondary N) is 1. The zero-order chi connectivity index (χ0) is 6.91. The van der Waals surface area contributed by atoms with Crippen molar-refractivity contribution in [3.8, 4) is 0 Å². The van der Waals surface area contributed by atoms with E-state index in [1.165, 1.54) is 0 Å². The molecule has 0 saturated carbocycles. The molecule has 1 atom stereocenters. The van der Waals surface area contributed by atoms with Crippen molar-refractivity contribution in [3.63, 3.8) is 0 Å². The Balaban J connectivity index is 0. The second kappa shape index (κ2) is 5.17. The van der Waals surface area contributed by atoms with Crippen molar-refractivity contribution in [2.75, 3.05) is 6.61 Å². The number of hydrogen-bond donors (Lipinski definition) is 2. The first-order chi connectivity index (χ1) is 4.17. The van der Waals surface area contributed by atoms with Gasteiger partial charge < -0.3 is 4.74 Å². The Bertz CT molecular complexity index is 111. The van der Waals surface area contributed by atoms with Gasteiger partial charge in [0.2, 0.25) is 0 Å². The van der Waals surface area contributed by atoms with Gasteiger partial charge >= 0.3 is 0 Å². The van der Waals surface area contributed by atoms with Crippen molar-refractivity contribution >= 4 is 24.8 Å². The summed E-state index contributed by atoms with van der Waals surface area (Å²) in [5.74, 6) is 5.28. The Morgan fingerprint density at radius 1 is 1.45 bits per heavy atom. The second-order valence-corrected chi connectivity index (χ2v) is 2.96. The quantitative estimate of drug-likeness (QED) is 0.490. The Morgan fingerprint density at radius 3 is 2.18 bits per heavy atom. The molecule has 0 amide bonds. The molecule has 5 heteroatoms. The third kappa shape index (κ3) is 3.13. The molecule has 11 heavy (non-hydrogen) atoms. The summed E-state index contributed by atoms with van der Waals surface area (Å²) in [5.41, 5.74) is 2.65. The summed E-state index contributed by atoms with van der Waals surface area (Å²) in [6.07, 6.45) is 1.02. The van der Waals surface area contributed by atoms with Crippen LogP contribution in [0, 0.1) is 0 Å². The van der Waals surface area contributed by atoms with Crippen LogP contribution in [-0.4, -0.2) is 18.2 Å². The van der Waals surface area contributed by atoms with Gasteiger partial charge in [0.15, 0.2) is 0 Å². The maximum atomic E-state index is 5.40. The van der Waals surface area contributed by atoms with E-state index in [1.54, 1.807) is 0 Å². The maximum absolute atomic E-state index is 5.40. The molecular weight excluding hydrogens is 187 g/mol. The molecule has 0 spiro atoms. The summed E-state index contributed by atoms with van der Waals surface area (Å²) in [4.78, 5) is 0. The zero-order valence-corrected chi connectivity index (χ0v) is 8.43. The van der Waals surface area contributed by atoms with Gasteiger partial charge in [-0.15, -0.1) is 24.8 Å². The van der Waals surface area contributed by atoms with Gasteiger partial charge in [-0.1, -0.05) is 0 Å². The predicted molar refractivity (Wildman–Crippen MR) is 50.3 cm³/mol. The fraction of sp³-hybridized carbons (Fsp3) is 1.00. The topological polar surface area (TPSA) is 47.3 Å². The van der Waals surface area contributed by atoms with E-state index in [0.29, 0.717) is 6.04 Å². The third-order valence-corrected chi connectivity index (χ3v) is 1.92. The normalized spacial score (nSPS) is 27.0. The first kappa shape index (κ1) is 14.0. The lowest BCUT2D eigenvalue weighted by molar-refractivity contribution is 0.0218. The van der Waals surface area contributed by atoms with Crippen molar-refractivity contribution in [3.05, 3.63) is 0 Å². The van der Waals surface area contributed by atoms with Gasteiger partial charge in [-0.3, -0.25) is 11.3 Å². The van der Waals surface area contributed by atoms with Gasteiger partial charge in [-0.05, 0) is 20.3 Å². The molecule has 3 nitrogen and oxygen atoms in total. The molecule has 1 fully saturated rings. The van der Waals surface area contributed by atoms with Crippen LogP contribution >= 0.6 is 24.8 Å². The molecule has 0 radical (unpaired) electrons. The third-order valence-electron chi connectivity index (χ3n) is 1.92. The molecule has 0 aliphatic carbocycles. The van der Waals surface area contributed by atoms with E-state index >= 15 is 0 Å². The molecule has 1 rings (SSSR count). The molecule has 1 heterocycles. The fourth-order valence-electron chi connectivity index (χ4n) is 1.17. The molecule has 1 unspecified atom stereocenters. The van der Waals surface area contributed by atoms with Gasteiger partial charge in [0.05, 0.1) is 11.6 Å². The van der Waals surface area contributed by atoms with E-state index in [0.717, 1.165) is 13.0 Å². The lowest BCUT2D eigenvalue weighted by Gasteiger charge is -2.24. The molecule has 1 aliphatic rings. The molecule has 3 N–H and O–H groups in total. The minimum atomic E-state index is -0.0747. The van der Waals surface area contributed by atoms with E-state index < -0.39 is 0 Å². The average Bonchev–Trinajstić information content (AvgIpc) is 2.08. The average molecular weight is 203 g/mol. The minimum Gasteiger partial charge on any atom is -0.374 e. The van der Waals surface area contributed by atoms with Crippen LogP contribution in [0.3, 0.4) is 0 Å². The number of rotatable bonds is 1. The van der Waals surface area contributed by atoms with Gasteiger partial charge in [0.25, 0.3) is 0 Å². The molecule has 0 bridgehead atoms. The molecular formula is C6H16Cl2N2O. The zero-order valence-electron chi connectivity index (χ0n) is 6.79. The van der Waals surface area contributed by atoms with Crippen LogP contribution in [0.5, 0.6) is 0 Å². The number of nitrogens with two attached hydrogens (primary N) is 1. The first-order valence-electron chi connectivity index (χ1n) is 3.27. The van der Waals surface area contributed by atoms with Crippen LogP contribution in [0.1, 0.15) is 20.3 Å². The van der Waals surface area contributed by atoms with Crippen LogP contribution in [0.25, 0.3) is 0 Å². The summed E-state index contributed by atoms with van der Waals surface area (Å²) in [5, 5.41) is 0. The van der Waals surface area contributed by atoms with Crippen molar-refractivity contribution < 1.29 is 4.74 Å². The van der Waals surface area contributed by atoms with Crippen LogP contribution < -0.4 is 11.3 Å². The number of hydrazine groups is 1. The van der Waals surface area contributed by atoms with Crippen LogP contribution in [0.2, 0.25) is 0 Å². The van der Waals surface area contributed by atoms with Gasteiger partial charge in [-0.2, -0.15) is 0 Å². The smallest absolute Gasteiger partial charge is 0.0793 e. The van der Waals surface area contributed by atoms with Crippen LogP contribution in [0.15, 0.2) is 0 Å². The van der Waals surface area contributed by atoms with E-state index in [-0.39, 0.29) is 30.4 Å². The first-order valence-corrected chi connectivity index (χ1v) is 3.27. The maximum Gasteiger partial charge on any atom is 0.0793 e. The Hall–Kier alpha value is 0.460. The summed E-state index contributed by atoms with van der Waals surface area (Å²) in [7, 11) is 0. The lowest BCUT2D eigenvalue weighted by atomic mass is 10.0. The predicted octanol–water partition coefficient (Wildman–Crippen LogP) is 0.861. The highest BCUT2D eigenvalue weighted by atomic mass is 35.5. The van der Waals surface area contributed by atoms with Gasteiger partial charge in [-0.25, -0.2) is 0 Å². The molecule has 0 aromatic carbocycles. The van der Waals surface area contributed by atoms with E-state index in [4.69, 9.17) is 10.6 Å². The van der Waals surface area contributed by atoms with E-state index in [1.807, 2.05) is 13.8 Å². The summed E-state index contributed by atoms with van der Waals surface area (Å²) in [6, 6.07) is 0.317. The van der Waals surface area contributed by atoms with Gasteiger partial charge in [0, 0.05) is 6.61 Å². The molecule has 70 valence electrons. The Labute approximate surface area is 79.8 Å². The summed E-state index contributed by atoms with van der Waals surface area (Å²) in [6.45, 7) is 4.91. The van der Waals surface area contributed by atoms with Crippen molar-refractivity contribution in [1.29, 1.82) is 0 Å². The van der Waals surface area contributed by atoms with Crippen molar-refractivity contribution in [1.82, 2.24) is 5.43 Å². The largest absolute Gasteiger partial charge is 0.374 e. The number of ether oxygens (including phenoxy) is 1. The minimum absolute atomic E-state index is 0. The number of halogens is 2. The lowest BCUT2D eigenvalue weighted by Crippen LogP contribution is -2.46. The Kier molecular flexibility index (Phi) is 6.58. The highest BCUT2D eigenvalue weighted by Gasteiger charge is 2.34. The van der Waals surface area contributed by atoms with E-state index in [9.17, 15) is 0 Å². The molecule has 1 saturated heterocycles. The van der Waals surface area contributed by atoms with Gasteiger partial charge in [0.1, 0.15) is 0 Å². The number of hydrogen-bond acceptors (Lipinski definition) is 3. The second-order valence-electron chi connectivity index (χ2n) is 2.96. The summed E-state index contributed by atoms with van der Waals surface area (Å²) < 4.78 is 5.40. The van der Waals surface area contributed by atoms with Crippen molar-refractivity contribution in [2.24, 2.45) is 5.84 Å². The van der Waals surface area contributed by atoms with Crippen LogP contribution in [-0.2, 0) is 4.74 Å². The highest BCUT2D eigenvalue weighted by Crippen LogP contribution is 2.23.